The molecule has 2 rings (SSSR count). The van der Waals surface area contributed by atoms with Crippen LogP contribution in [0.4, 0.5) is 0 Å². The first-order valence-electron chi connectivity index (χ1n) is 5.68. The number of hydrogen-bond donors (Lipinski definition) is 1. The number of carbonyl (C=O) groups is 1. The molecule has 1 aromatic rings. The summed E-state index contributed by atoms with van der Waals surface area (Å²) in [5.74, 6) is 0.783. The Morgan fingerprint density at radius 2 is 2.00 bits per heavy atom. The van der Waals surface area contributed by atoms with E-state index in [1.807, 2.05) is 32.9 Å². The van der Waals surface area contributed by atoms with Crippen molar-refractivity contribution in [3.05, 3.63) is 28.8 Å². The lowest BCUT2D eigenvalue weighted by molar-refractivity contribution is 0.0945. The summed E-state index contributed by atoms with van der Waals surface area (Å²) in [6.45, 7) is 6.73. The van der Waals surface area contributed by atoms with Gasteiger partial charge in [0.05, 0.1) is 7.11 Å². The van der Waals surface area contributed by atoms with E-state index in [2.05, 4.69) is 5.32 Å². The Hall–Kier alpha value is -1.51. The summed E-state index contributed by atoms with van der Waals surface area (Å²) in [7, 11) is 1.62. The van der Waals surface area contributed by atoms with Crippen LogP contribution < -0.4 is 10.1 Å². The zero-order chi connectivity index (χ0) is 12.1. The minimum absolute atomic E-state index is 0.00421. The van der Waals surface area contributed by atoms with Crippen LogP contribution in [0.15, 0.2) is 12.1 Å². The van der Waals surface area contributed by atoms with E-state index >= 15 is 0 Å². The van der Waals surface area contributed by atoms with Crippen LogP contribution in [0.25, 0.3) is 0 Å². The quantitative estimate of drug-likeness (QED) is 0.790. The predicted octanol–water partition coefficient (Wildman–Crippen LogP) is 2.32. The number of aryl methyl sites for hydroxylation is 1. The maximum atomic E-state index is 11.5. The van der Waals surface area contributed by atoms with Gasteiger partial charge in [0.15, 0.2) is 0 Å². The average molecular weight is 221 g/mol. The van der Waals surface area contributed by atoms with Gasteiger partial charge in [-0.05, 0) is 30.5 Å². The van der Waals surface area contributed by atoms with Gasteiger partial charge < -0.3 is 10.1 Å². The first-order valence-corrected chi connectivity index (χ1v) is 5.68. The summed E-state index contributed by atoms with van der Waals surface area (Å²) in [5.41, 5.74) is 2.95. The van der Waals surface area contributed by atoms with Crippen LogP contribution in [0.3, 0.4) is 0 Å². The van der Waals surface area contributed by atoms with Gasteiger partial charge >= 0.3 is 0 Å². The van der Waals surface area contributed by atoms with Crippen molar-refractivity contribution in [2.75, 3.05) is 13.7 Å². The van der Waals surface area contributed by atoms with E-state index in [4.69, 9.17) is 4.74 Å². The highest BCUT2D eigenvalue weighted by Gasteiger charge is 2.18. The van der Waals surface area contributed by atoms with Gasteiger partial charge in [-0.15, -0.1) is 0 Å². The van der Waals surface area contributed by atoms with E-state index in [0.29, 0.717) is 0 Å². The Morgan fingerprint density at radius 3 is 2.62 bits per heavy atom. The Bertz CT molecular complexity index is 386. The van der Waals surface area contributed by atoms with E-state index in [9.17, 15) is 4.79 Å². The number of amides is 1. The van der Waals surface area contributed by atoms with Crippen molar-refractivity contribution in [3.8, 4) is 5.75 Å². The van der Waals surface area contributed by atoms with Gasteiger partial charge in [-0.1, -0.05) is 19.9 Å². The van der Waals surface area contributed by atoms with E-state index in [1.165, 1.54) is 0 Å². The first-order chi connectivity index (χ1) is 7.72. The average Bonchev–Trinajstić information content (AvgIpc) is 2.31. The fourth-order valence-corrected chi connectivity index (χ4v) is 1.79. The Morgan fingerprint density at radius 1 is 1.31 bits per heavy atom. The van der Waals surface area contributed by atoms with Gasteiger partial charge in [0.1, 0.15) is 5.75 Å². The highest BCUT2D eigenvalue weighted by atomic mass is 16.5. The summed E-state index contributed by atoms with van der Waals surface area (Å²) in [6.07, 6.45) is 0.909. The van der Waals surface area contributed by atoms with Gasteiger partial charge in [-0.3, -0.25) is 4.79 Å². The maximum Gasteiger partial charge on any atom is 0.251 e. The van der Waals surface area contributed by atoms with Crippen LogP contribution in [-0.2, 0) is 6.42 Å². The molecular formula is C13H19NO2. The molecule has 1 aliphatic heterocycles. The molecule has 0 unspecified atom stereocenters. The third-order valence-corrected chi connectivity index (χ3v) is 2.55. The summed E-state index contributed by atoms with van der Waals surface area (Å²) >= 11 is 0. The van der Waals surface area contributed by atoms with Gasteiger partial charge in [0.2, 0.25) is 0 Å². The van der Waals surface area contributed by atoms with Crippen molar-refractivity contribution in [3.63, 3.8) is 0 Å². The standard InChI is InChI=1S/C11H13NO2.C2H6/c1-7-5-8-3-4-12-11(13)9(8)6-10(7)14-2;1-2/h5-6H,3-4H2,1-2H3,(H,12,13);1-2H3. The van der Waals surface area contributed by atoms with E-state index in [1.54, 1.807) is 7.11 Å². The van der Waals surface area contributed by atoms with Crippen LogP contribution in [-0.4, -0.2) is 19.6 Å². The fourth-order valence-electron chi connectivity index (χ4n) is 1.79. The Kier molecular flexibility index (Phi) is 4.35. The van der Waals surface area contributed by atoms with Crippen molar-refractivity contribution in [2.45, 2.75) is 27.2 Å². The molecule has 0 fully saturated rings. The molecule has 1 amide bonds. The number of rotatable bonds is 1. The van der Waals surface area contributed by atoms with Gasteiger partial charge in [-0.2, -0.15) is 0 Å². The lowest BCUT2D eigenvalue weighted by Gasteiger charge is -2.18. The Balaban J connectivity index is 0.000000606. The second-order valence-electron chi connectivity index (χ2n) is 3.48. The number of hydrogen-bond acceptors (Lipinski definition) is 2. The number of fused-ring (bicyclic) bond motifs is 1. The third-order valence-electron chi connectivity index (χ3n) is 2.55. The van der Waals surface area contributed by atoms with Gasteiger partial charge in [0, 0.05) is 12.1 Å². The maximum absolute atomic E-state index is 11.5. The number of nitrogens with one attached hydrogen (secondary N) is 1. The van der Waals surface area contributed by atoms with E-state index < -0.39 is 0 Å². The summed E-state index contributed by atoms with van der Waals surface area (Å²) in [5, 5.41) is 2.81. The number of methoxy groups -OCH3 is 1. The zero-order valence-electron chi connectivity index (χ0n) is 10.4. The molecule has 0 aliphatic carbocycles. The molecule has 0 saturated carbocycles. The van der Waals surface area contributed by atoms with Crippen LogP contribution in [0, 0.1) is 6.92 Å². The van der Waals surface area contributed by atoms with Gasteiger partial charge in [0.25, 0.3) is 5.91 Å². The SMILES string of the molecule is CC.COc1cc2c(cc1C)CCNC2=O. The smallest absolute Gasteiger partial charge is 0.251 e. The topological polar surface area (TPSA) is 38.3 Å². The minimum Gasteiger partial charge on any atom is -0.496 e. The molecule has 3 heteroatoms. The lowest BCUT2D eigenvalue weighted by atomic mass is 9.97. The molecule has 0 bridgehead atoms. The van der Waals surface area contributed by atoms with Gasteiger partial charge in [-0.25, -0.2) is 0 Å². The number of carbonyl (C=O) groups excluding carboxylic acids is 1. The molecule has 0 radical (unpaired) electrons. The molecule has 1 aromatic carbocycles. The van der Waals surface area contributed by atoms with Crippen LogP contribution in [0.1, 0.15) is 35.3 Å². The third kappa shape index (κ3) is 2.35. The molecule has 0 aromatic heterocycles. The lowest BCUT2D eigenvalue weighted by Crippen LogP contribution is -2.31. The van der Waals surface area contributed by atoms with Crippen molar-refractivity contribution >= 4 is 5.91 Å². The summed E-state index contributed by atoms with van der Waals surface area (Å²) in [4.78, 5) is 11.5. The van der Waals surface area contributed by atoms with Crippen LogP contribution in [0.2, 0.25) is 0 Å². The van der Waals surface area contributed by atoms with E-state index in [0.717, 1.165) is 35.4 Å². The number of benzene rings is 1. The molecule has 1 N–H and O–H groups in total. The molecule has 3 nitrogen and oxygen atoms in total. The van der Waals surface area contributed by atoms with Crippen molar-refractivity contribution in [2.24, 2.45) is 0 Å². The van der Waals surface area contributed by atoms with Crippen LogP contribution >= 0.6 is 0 Å². The molecular weight excluding hydrogens is 202 g/mol. The monoisotopic (exact) mass is 221 g/mol. The Labute approximate surface area is 96.8 Å². The largest absolute Gasteiger partial charge is 0.496 e. The zero-order valence-corrected chi connectivity index (χ0v) is 10.4. The van der Waals surface area contributed by atoms with Crippen molar-refractivity contribution in [1.82, 2.24) is 5.32 Å². The normalized spacial score (nSPS) is 13.1. The molecule has 0 saturated heterocycles. The van der Waals surface area contributed by atoms with E-state index in [-0.39, 0.29) is 5.91 Å². The highest BCUT2D eigenvalue weighted by molar-refractivity contribution is 5.97. The highest BCUT2D eigenvalue weighted by Crippen LogP contribution is 2.24. The number of ether oxygens (including phenoxy) is 1. The van der Waals surface area contributed by atoms with Crippen molar-refractivity contribution in [1.29, 1.82) is 0 Å². The molecule has 0 atom stereocenters. The summed E-state index contributed by atoms with van der Waals surface area (Å²) < 4.78 is 5.18. The predicted molar refractivity (Wildman–Crippen MR) is 65.1 cm³/mol. The minimum atomic E-state index is 0.00421. The second-order valence-corrected chi connectivity index (χ2v) is 3.48. The van der Waals surface area contributed by atoms with Crippen molar-refractivity contribution < 1.29 is 9.53 Å². The molecule has 0 spiro atoms. The summed E-state index contributed by atoms with van der Waals surface area (Å²) in [6, 6.07) is 3.85. The second kappa shape index (κ2) is 5.54. The first kappa shape index (κ1) is 12.6. The fraction of sp³-hybridized carbons (Fsp3) is 0.462. The molecule has 16 heavy (non-hydrogen) atoms. The van der Waals surface area contributed by atoms with Crippen LogP contribution in [0.5, 0.6) is 5.75 Å². The molecule has 88 valence electrons. The molecule has 1 heterocycles. The molecule has 1 aliphatic rings.